The van der Waals surface area contributed by atoms with E-state index >= 15 is 0 Å². The Hall–Kier alpha value is -1.66. The van der Waals surface area contributed by atoms with E-state index in [0.717, 1.165) is 39.1 Å². The van der Waals surface area contributed by atoms with Gasteiger partial charge in [0.25, 0.3) is 0 Å². The molecule has 0 aliphatic rings. The minimum Gasteiger partial charge on any atom is -0.386 e. The number of rotatable bonds is 10. The number of nitrogens with one attached hydrogen (secondary N) is 2. The van der Waals surface area contributed by atoms with Gasteiger partial charge in [-0.25, -0.2) is 4.39 Å². The molecule has 0 radical (unpaired) electrons. The van der Waals surface area contributed by atoms with Crippen LogP contribution < -0.4 is 10.6 Å². The largest absolute Gasteiger partial charge is 0.386 e. The van der Waals surface area contributed by atoms with Gasteiger partial charge in [-0.3, -0.25) is 4.99 Å². The summed E-state index contributed by atoms with van der Waals surface area (Å²) in [7, 11) is 0. The van der Waals surface area contributed by atoms with Crippen molar-refractivity contribution in [2.45, 2.75) is 32.8 Å². The van der Waals surface area contributed by atoms with Crippen LogP contribution in [0.4, 0.5) is 4.39 Å². The Morgan fingerprint density at radius 1 is 1.26 bits per heavy atom. The van der Waals surface area contributed by atoms with Crippen LogP contribution in [-0.2, 0) is 4.74 Å². The Morgan fingerprint density at radius 2 is 2.04 bits per heavy atom. The van der Waals surface area contributed by atoms with Gasteiger partial charge in [-0.15, -0.1) is 0 Å². The molecule has 6 heteroatoms. The van der Waals surface area contributed by atoms with Crippen molar-refractivity contribution in [1.29, 1.82) is 0 Å². The molecule has 0 amide bonds. The molecule has 0 spiro atoms. The zero-order valence-corrected chi connectivity index (χ0v) is 14.0. The summed E-state index contributed by atoms with van der Waals surface area (Å²) in [4.78, 5) is 4.31. The summed E-state index contributed by atoms with van der Waals surface area (Å²) < 4.78 is 18.9. The maximum atomic E-state index is 13.6. The van der Waals surface area contributed by atoms with E-state index in [4.69, 9.17) is 4.74 Å². The van der Waals surface area contributed by atoms with Crippen molar-refractivity contribution in [1.82, 2.24) is 10.6 Å². The molecule has 130 valence electrons. The zero-order chi connectivity index (χ0) is 16.9. The number of ether oxygens (including phenoxy) is 1. The van der Waals surface area contributed by atoms with E-state index in [0.29, 0.717) is 5.96 Å². The van der Waals surface area contributed by atoms with Crippen LogP contribution in [0.3, 0.4) is 0 Å². The summed E-state index contributed by atoms with van der Waals surface area (Å²) in [5.41, 5.74) is 0.267. The van der Waals surface area contributed by atoms with Crippen LogP contribution >= 0.6 is 0 Å². The van der Waals surface area contributed by atoms with Crippen molar-refractivity contribution in [3.05, 3.63) is 35.6 Å². The molecule has 1 aromatic rings. The molecule has 3 N–H and O–H groups in total. The van der Waals surface area contributed by atoms with Crippen LogP contribution in [0, 0.1) is 5.82 Å². The molecular formula is C17H28FN3O2. The molecule has 1 rings (SSSR count). The fourth-order valence-electron chi connectivity index (χ4n) is 2.04. The Morgan fingerprint density at radius 3 is 2.74 bits per heavy atom. The third-order valence-electron chi connectivity index (χ3n) is 3.24. The van der Waals surface area contributed by atoms with Crippen molar-refractivity contribution < 1.29 is 14.2 Å². The number of guanidine groups is 1. The predicted octanol–water partition coefficient (Wildman–Crippen LogP) is 2.23. The van der Waals surface area contributed by atoms with Crippen LogP contribution in [0.25, 0.3) is 0 Å². The Labute approximate surface area is 138 Å². The van der Waals surface area contributed by atoms with Crippen LogP contribution in [0.15, 0.2) is 29.3 Å². The van der Waals surface area contributed by atoms with Gasteiger partial charge in [0.2, 0.25) is 0 Å². The van der Waals surface area contributed by atoms with Crippen LogP contribution in [0.1, 0.15) is 38.4 Å². The van der Waals surface area contributed by atoms with E-state index < -0.39 is 11.9 Å². The summed E-state index contributed by atoms with van der Waals surface area (Å²) in [5.74, 6) is 0.211. The van der Waals surface area contributed by atoms with E-state index in [9.17, 15) is 9.50 Å². The fraction of sp³-hybridized carbons (Fsp3) is 0.588. The molecule has 1 aromatic carbocycles. The van der Waals surface area contributed by atoms with Crippen LogP contribution in [-0.4, -0.2) is 43.9 Å². The van der Waals surface area contributed by atoms with Crippen LogP contribution in [0.2, 0.25) is 0 Å². The molecular weight excluding hydrogens is 297 g/mol. The number of nitrogens with zero attached hydrogens (tertiary/aromatic N) is 1. The number of benzene rings is 1. The standard InChI is InChI=1S/C17H28FN3O2/c1-3-19-17(20-11-7-8-12-23-4-2)21-13-16(22)14-9-5-6-10-15(14)18/h5-6,9-10,16,22H,3-4,7-8,11-13H2,1-2H3,(H2,19,20,21). The molecule has 1 unspecified atom stereocenters. The molecule has 1 atom stereocenters. The normalized spacial score (nSPS) is 13.0. The second-order valence-corrected chi connectivity index (χ2v) is 5.09. The van der Waals surface area contributed by atoms with Crippen molar-refractivity contribution in [2.24, 2.45) is 4.99 Å². The number of aliphatic imine (C=N–C) groups is 1. The lowest BCUT2D eigenvalue weighted by Crippen LogP contribution is -2.38. The van der Waals surface area contributed by atoms with Gasteiger partial charge in [0.15, 0.2) is 5.96 Å². The molecule has 0 saturated heterocycles. The van der Waals surface area contributed by atoms with Gasteiger partial charge in [0.05, 0.1) is 6.54 Å². The lowest BCUT2D eigenvalue weighted by Gasteiger charge is -2.13. The van der Waals surface area contributed by atoms with Gasteiger partial charge in [-0.05, 0) is 32.8 Å². The van der Waals surface area contributed by atoms with Gasteiger partial charge < -0.3 is 20.5 Å². The van der Waals surface area contributed by atoms with E-state index in [1.54, 1.807) is 18.2 Å². The first kappa shape index (κ1) is 19.4. The van der Waals surface area contributed by atoms with Gasteiger partial charge in [0, 0.05) is 31.9 Å². The molecule has 5 nitrogen and oxygen atoms in total. The molecule has 0 aliphatic carbocycles. The summed E-state index contributed by atoms with van der Waals surface area (Å²) in [6.07, 6.45) is 1.00. The smallest absolute Gasteiger partial charge is 0.191 e. The highest BCUT2D eigenvalue weighted by atomic mass is 19.1. The van der Waals surface area contributed by atoms with Gasteiger partial charge in [-0.1, -0.05) is 18.2 Å². The van der Waals surface area contributed by atoms with E-state index in [1.165, 1.54) is 6.07 Å². The summed E-state index contributed by atoms with van der Waals surface area (Å²) >= 11 is 0. The maximum Gasteiger partial charge on any atom is 0.191 e. The lowest BCUT2D eigenvalue weighted by atomic mass is 10.1. The van der Waals surface area contributed by atoms with E-state index in [-0.39, 0.29) is 12.1 Å². The second kappa shape index (κ2) is 11.8. The number of hydrogen-bond donors (Lipinski definition) is 3. The molecule has 0 saturated carbocycles. The van der Waals surface area contributed by atoms with Crippen molar-refractivity contribution in [3.63, 3.8) is 0 Å². The number of unbranched alkanes of at least 4 members (excludes halogenated alkanes) is 1. The molecule has 0 aliphatic heterocycles. The Balaban J connectivity index is 2.43. The highest BCUT2D eigenvalue weighted by Crippen LogP contribution is 2.16. The first-order chi connectivity index (χ1) is 11.2. The molecule has 0 aromatic heterocycles. The zero-order valence-electron chi connectivity index (χ0n) is 14.0. The maximum absolute atomic E-state index is 13.6. The fourth-order valence-corrected chi connectivity index (χ4v) is 2.04. The summed E-state index contributed by atoms with van der Waals surface area (Å²) in [5, 5.41) is 16.4. The minimum atomic E-state index is -0.954. The average Bonchev–Trinajstić information content (AvgIpc) is 2.55. The molecule has 23 heavy (non-hydrogen) atoms. The van der Waals surface area contributed by atoms with Crippen molar-refractivity contribution >= 4 is 5.96 Å². The summed E-state index contributed by atoms with van der Waals surface area (Å²) in [6, 6.07) is 6.21. The van der Waals surface area contributed by atoms with Crippen LogP contribution in [0.5, 0.6) is 0 Å². The Bertz CT molecular complexity index is 469. The monoisotopic (exact) mass is 325 g/mol. The van der Waals surface area contributed by atoms with Crippen molar-refractivity contribution in [3.8, 4) is 0 Å². The molecule has 0 fully saturated rings. The third kappa shape index (κ3) is 7.95. The molecule has 0 heterocycles. The highest BCUT2D eigenvalue weighted by Gasteiger charge is 2.11. The summed E-state index contributed by atoms with van der Waals surface area (Å²) in [6.45, 7) is 7.06. The van der Waals surface area contributed by atoms with Crippen molar-refractivity contribution in [2.75, 3.05) is 32.8 Å². The quantitative estimate of drug-likeness (QED) is 0.351. The lowest BCUT2D eigenvalue weighted by molar-refractivity contribution is 0.143. The number of aliphatic hydroxyl groups is 1. The van der Waals surface area contributed by atoms with E-state index in [1.807, 2.05) is 13.8 Å². The SMILES string of the molecule is CCNC(=NCC(O)c1ccccc1F)NCCCCOCC. The number of aliphatic hydroxyl groups excluding tert-OH is 1. The highest BCUT2D eigenvalue weighted by molar-refractivity contribution is 5.79. The number of hydrogen-bond acceptors (Lipinski definition) is 3. The minimum absolute atomic E-state index is 0.106. The van der Waals surface area contributed by atoms with Gasteiger partial charge in [0.1, 0.15) is 11.9 Å². The number of halogens is 1. The first-order valence-electron chi connectivity index (χ1n) is 8.21. The third-order valence-corrected chi connectivity index (χ3v) is 3.24. The average molecular weight is 325 g/mol. The first-order valence-corrected chi connectivity index (χ1v) is 8.21. The van der Waals surface area contributed by atoms with Gasteiger partial charge >= 0.3 is 0 Å². The second-order valence-electron chi connectivity index (χ2n) is 5.09. The Kier molecular flexibility index (Phi) is 9.99. The van der Waals surface area contributed by atoms with Gasteiger partial charge in [-0.2, -0.15) is 0 Å². The van der Waals surface area contributed by atoms with E-state index in [2.05, 4.69) is 15.6 Å². The molecule has 0 bridgehead atoms. The predicted molar refractivity (Wildman–Crippen MR) is 91.1 cm³/mol. The topological polar surface area (TPSA) is 65.9 Å².